The summed E-state index contributed by atoms with van der Waals surface area (Å²) in [5, 5.41) is 7.66. The first-order valence-electron chi connectivity index (χ1n) is 6.39. The molecule has 0 aliphatic rings. The Bertz CT molecular complexity index is 526. The Hall–Kier alpha value is -1.61. The molecule has 1 aromatic carbocycles. The lowest BCUT2D eigenvalue weighted by Crippen LogP contribution is -2.21. The molecule has 3 nitrogen and oxygen atoms in total. The van der Waals surface area contributed by atoms with Crippen LogP contribution in [0, 0.1) is 6.92 Å². The predicted octanol–water partition coefficient (Wildman–Crippen LogP) is 2.89. The molecule has 0 fully saturated rings. The van der Waals surface area contributed by atoms with Crippen molar-refractivity contribution in [3.63, 3.8) is 0 Å². The van der Waals surface area contributed by atoms with Gasteiger partial charge in [0.05, 0.1) is 5.69 Å². The first-order chi connectivity index (χ1) is 8.58. The highest BCUT2D eigenvalue weighted by molar-refractivity contribution is 5.64. The van der Waals surface area contributed by atoms with Gasteiger partial charge in [0.25, 0.3) is 0 Å². The molecule has 0 bridgehead atoms. The third-order valence-electron chi connectivity index (χ3n) is 3.10. The van der Waals surface area contributed by atoms with Crippen LogP contribution < -0.4 is 5.32 Å². The van der Waals surface area contributed by atoms with Gasteiger partial charge in [0.1, 0.15) is 0 Å². The van der Waals surface area contributed by atoms with Crippen molar-refractivity contribution in [1.29, 1.82) is 0 Å². The summed E-state index contributed by atoms with van der Waals surface area (Å²) in [6, 6.07) is 9.18. The van der Waals surface area contributed by atoms with Crippen LogP contribution in [0.5, 0.6) is 0 Å². The van der Waals surface area contributed by atoms with Gasteiger partial charge in [-0.25, -0.2) is 0 Å². The Kier molecular flexibility index (Phi) is 3.82. The molecule has 96 valence electrons. The second-order valence-electron chi connectivity index (χ2n) is 5.02. The fourth-order valence-corrected chi connectivity index (χ4v) is 2.08. The van der Waals surface area contributed by atoms with Crippen LogP contribution >= 0.6 is 0 Å². The SMILES string of the molecule is Cc1cc(CNC(C)C)ccc1-c1ccnn1C. The number of benzene rings is 1. The van der Waals surface area contributed by atoms with Crippen LogP contribution in [0.1, 0.15) is 25.0 Å². The highest BCUT2D eigenvalue weighted by Crippen LogP contribution is 2.23. The summed E-state index contributed by atoms with van der Waals surface area (Å²) < 4.78 is 1.91. The van der Waals surface area contributed by atoms with Crippen molar-refractivity contribution in [2.24, 2.45) is 7.05 Å². The van der Waals surface area contributed by atoms with Crippen molar-refractivity contribution < 1.29 is 0 Å². The van der Waals surface area contributed by atoms with Gasteiger partial charge >= 0.3 is 0 Å². The second-order valence-corrected chi connectivity index (χ2v) is 5.02. The average molecular weight is 243 g/mol. The number of aryl methyl sites for hydroxylation is 2. The number of nitrogens with one attached hydrogen (secondary N) is 1. The molecule has 1 N–H and O–H groups in total. The summed E-state index contributed by atoms with van der Waals surface area (Å²) >= 11 is 0. The van der Waals surface area contributed by atoms with E-state index in [0.717, 1.165) is 12.2 Å². The lowest BCUT2D eigenvalue weighted by molar-refractivity contribution is 0.589. The van der Waals surface area contributed by atoms with Gasteiger partial charge in [-0.3, -0.25) is 4.68 Å². The first-order valence-corrected chi connectivity index (χ1v) is 6.39. The molecule has 1 aromatic heterocycles. The molecule has 0 amide bonds. The quantitative estimate of drug-likeness (QED) is 0.895. The Morgan fingerprint density at radius 1 is 1.28 bits per heavy atom. The zero-order valence-electron chi connectivity index (χ0n) is 11.6. The minimum Gasteiger partial charge on any atom is -0.310 e. The van der Waals surface area contributed by atoms with Crippen molar-refractivity contribution in [1.82, 2.24) is 15.1 Å². The topological polar surface area (TPSA) is 29.9 Å². The number of hydrogen-bond donors (Lipinski definition) is 1. The van der Waals surface area contributed by atoms with Crippen LogP contribution in [0.3, 0.4) is 0 Å². The predicted molar refractivity (Wildman–Crippen MR) is 75.4 cm³/mol. The molecule has 0 saturated heterocycles. The van der Waals surface area contributed by atoms with Crippen molar-refractivity contribution >= 4 is 0 Å². The lowest BCUT2D eigenvalue weighted by Gasteiger charge is -2.11. The van der Waals surface area contributed by atoms with Gasteiger partial charge in [-0.05, 0) is 24.1 Å². The molecule has 0 aliphatic carbocycles. The third kappa shape index (κ3) is 2.79. The van der Waals surface area contributed by atoms with E-state index in [1.165, 1.54) is 16.7 Å². The van der Waals surface area contributed by atoms with Gasteiger partial charge in [-0.1, -0.05) is 32.0 Å². The van der Waals surface area contributed by atoms with Gasteiger partial charge in [0.15, 0.2) is 0 Å². The molecule has 0 aliphatic heterocycles. The normalized spacial score (nSPS) is 11.2. The zero-order chi connectivity index (χ0) is 13.1. The third-order valence-corrected chi connectivity index (χ3v) is 3.10. The molecule has 18 heavy (non-hydrogen) atoms. The van der Waals surface area contributed by atoms with Gasteiger partial charge in [0, 0.05) is 31.4 Å². The minimum atomic E-state index is 0.516. The summed E-state index contributed by atoms with van der Waals surface area (Å²) in [5.41, 5.74) is 5.04. The molecule has 2 aromatic rings. The fraction of sp³-hybridized carbons (Fsp3) is 0.400. The van der Waals surface area contributed by atoms with Crippen molar-refractivity contribution in [3.05, 3.63) is 41.6 Å². The number of hydrogen-bond acceptors (Lipinski definition) is 2. The molecule has 1 heterocycles. The molecule has 0 unspecified atom stereocenters. The summed E-state index contributed by atoms with van der Waals surface area (Å²) in [4.78, 5) is 0. The Labute approximate surface area is 109 Å². The molecule has 2 rings (SSSR count). The highest BCUT2D eigenvalue weighted by atomic mass is 15.3. The van der Waals surface area contributed by atoms with Gasteiger partial charge < -0.3 is 5.32 Å². The van der Waals surface area contributed by atoms with Gasteiger partial charge in [-0.15, -0.1) is 0 Å². The van der Waals surface area contributed by atoms with E-state index in [1.807, 2.05) is 24.0 Å². The van der Waals surface area contributed by atoms with Crippen molar-refractivity contribution in [2.45, 2.75) is 33.4 Å². The van der Waals surface area contributed by atoms with Gasteiger partial charge in [0.2, 0.25) is 0 Å². The van der Waals surface area contributed by atoms with Crippen LogP contribution in [0.2, 0.25) is 0 Å². The first kappa shape index (κ1) is 12.8. The summed E-state index contributed by atoms with van der Waals surface area (Å²) in [6.45, 7) is 7.40. The van der Waals surface area contributed by atoms with E-state index in [9.17, 15) is 0 Å². The highest BCUT2D eigenvalue weighted by Gasteiger charge is 2.06. The maximum atomic E-state index is 4.22. The molecule has 0 atom stereocenters. The number of rotatable bonds is 4. The maximum absolute atomic E-state index is 4.22. The molecule has 0 radical (unpaired) electrons. The summed E-state index contributed by atoms with van der Waals surface area (Å²) in [5.74, 6) is 0. The van der Waals surface area contributed by atoms with Crippen LogP contribution in [-0.4, -0.2) is 15.8 Å². The monoisotopic (exact) mass is 243 g/mol. The Morgan fingerprint density at radius 2 is 2.06 bits per heavy atom. The van der Waals surface area contributed by atoms with Crippen LogP contribution in [0.25, 0.3) is 11.3 Å². The maximum Gasteiger partial charge on any atom is 0.0681 e. The standard InChI is InChI=1S/C15H21N3/c1-11(2)16-10-13-5-6-14(12(3)9-13)15-7-8-17-18(15)4/h5-9,11,16H,10H2,1-4H3. The van der Waals surface area contributed by atoms with Crippen molar-refractivity contribution in [2.75, 3.05) is 0 Å². The number of aromatic nitrogens is 2. The fourth-order valence-electron chi connectivity index (χ4n) is 2.08. The van der Waals surface area contributed by atoms with E-state index in [2.05, 4.69) is 49.4 Å². The van der Waals surface area contributed by atoms with Crippen LogP contribution in [0.15, 0.2) is 30.5 Å². The molecular weight excluding hydrogens is 222 g/mol. The van der Waals surface area contributed by atoms with E-state index in [-0.39, 0.29) is 0 Å². The van der Waals surface area contributed by atoms with E-state index >= 15 is 0 Å². The van der Waals surface area contributed by atoms with Gasteiger partial charge in [-0.2, -0.15) is 5.10 Å². The van der Waals surface area contributed by atoms with Crippen molar-refractivity contribution in [3.8, 4) is 11.3 Å². The lowest BCUT2D eigenvalue weighted by atomic mass is 10.0. The van der Waals surface area contributed by atoms with E-state index in [4.69, 9.17) is 0 Å². The van der Waals surface area contributed by atoms with E-state index < -0.39 is 0 Å². The van der Waals surface area contributed by atoms with Crippen LogP contribution in [0.4, 0.5) is 0 Å². The Morgan fingerprint density at radius 3 is 2.61 bits per heavy atom. The zero-order valence-corrected chi connectivity index (χ0v) is 11.6. The number of nitrogens with zero attached hydrogens (tertiary/aromatic N) is 2. The summed E-state index contributed by atoms with van der Waals surface area (Å²) in [6.07, 6.45) is 1.84. The second kappa shape index (κ2) is 5.36. The average Bonchev–Trinajstić information content (AvgIpc) is 2.73. The largest absolute Gasteiger partial charge is 0.310 e. The Balaban J connectivity index is 2.23. The summed E-state index contributed by atoms with van der Waals surface area (Å²) in [7, 11) is 1.98. The van der Waals surface area contributed by atoms with Crippen LogP contribution in [-0.2, 0) is 13.6 Å². The van der Waals surface area contributed by atoms with E-state index in [1.54, 1.807) is 0 Å². The molecular formula is C15H21N3. The van der Waals surface area contributed by atoms with E-state index in [0.29, 0.717) is 6.04 Å². The smallest absolute Gasteiger partial charge is 0.0681 e. The molecule has 0 spiro atoms. The molecule has 3 heteroatoms. The minimum absolute atomic E-state index is 0.516. The molecule has 0 saturated carbocycles.